The van der Waals surface area contributed by atoms with Gasteiger partial charge in [-0.25, -0.2) is 0 Å². The fourth-order valence-electron chi connectivity index (χ4n) is 2.50. The van der Waals surface area contributed by atoms with Crippen LogP contribution in [-0.4, -0.2) is 44.1 Å². The third-order valence-corrected chi connectivity index (χ3v) is 3.47. The first-order valence-electron chi connectivity index (χ1n) is 6.90. The molecule has 1 saturated heterocycles. The van der Waals surface area contributed by atoms with Gasteiger partial charge >= 0.3 is 0 Å². The SMILES string of the molecule is CNCC1CCCN(C(=O)COc2ccccc2)C1. The smallest absolute Gasteiger partial charge is 0.260 e. The normalized spacial score (nSPS) is 19.2. The molecule has 4 nitrogen and oxygen atoms in total. The fourth-order valence-corrected chi connectivity index (χ4v) is 2.50. The van der Waals surface area contributed by atoms with Crippen LogP contribution < -0.4 is 10.1 Å². The molecule has 0 radical (unpaired) electrons. The quantitative estimate of drug-likeness (QED) is 0.875. The Bertz CT molecular complexity index is 392. The minimum absolute atomic E-state index is 0.0876. The van der Waals surface area contributed by atoms with E-state index in [2.05, 4.69) is 5.32 Å². The molecule has 104 valence electrons. The number of carbonyl (C=O) groups is 1. The van der Waals surface area contributed by atoms with E-state index in [1.807, 2.05) is 42.3 Å². The van der Waals surface area contributed by atoms with Gasteiger partial charge in [0, 0.05) is 13.1 Å². The Labute approximate surface area is 114 Å². The van der Waals surface area contributed by atoms with Gasteiger partial charge in [-0.3, -0.25) is 4.79 Å². The number of para-hydroxylation sites is 1. The number of amides is 1. The second-order valence-electron chi connectivity index (χ2n) is 5.01. The summed E-state index contributed by atoms with van der Waals surface area (Å²) in [5.41, 5.74) is 0. The molecule has 0 aliphatic carbocycles. The van der Waals surface area contributed by atoms with E-state index in [0.717, 1.165) is 31.8 Å². The summed E-state index contributed by atoms with van der Waals surface area (Å²) >= 11 is 0. The lowest BCUT2D eigenvalue weighted by Gasteiger charge is -2.32. The maximum Gasteiger partial charge on any atom is 0.260 e. The molecule has 1 aromatic rings. The van der Waals surface area contributed by atoms with E-state index in [1.54, 1.807) is 0 Å². The first kappa shape index (κ1) is 13.9. The number of benzene rings is 1. The Morgan fingerprint density at radius 3 is 2.95 bits per heavy atom. The highest BCUT2D eigenvalue weighted by Gasteiger charge is 2.23. The van der Waals surface area contributed by atoms with Gasteiger partial charge in [0.25, 0.3) is 5.91 Å². The number of piperidine rings is 1. The second kappa shape index (κ2) is 7.14. The van der Waals surface area contributed by atoms with Crippen molar-refractivity contribution in [3.05, 3.63) is 30.3 Å². The molecule has 1 amide bonds. The highest BCUT2D eigenvalue weighted by molar-refractivity contribution is 5.77. The minimum atomic E-state index is 0.0876. The zero-order chi connectivity index (χ0) is 13.5. The summed E-state index contributed by atoms with van der Waals surface area (Å²) in [5, 5.41) is 3.19. The van der Waals surface area contributed by atoms with E-state index in [1.165, 1.54) is 6.42 Å². The van der Waals surface area contributed by atoms with Gasteiger partial charge in [0.05, 0.1) is 0 Å². The van der Waals surface area contributed by atoms with Crippen molar-refractivity contribution in [1.82, 2.24) is 10.2 Å². The molecule has 0 saturated carbocycles. The number of likely N-dealkylation sites (tertiary alicyclic amines) is 1. The lowest BCUT2D eigenvalue weighted by Crippen LogP contribution is -2.44. The summed E-state index contributed by atoms with van der Waals surface area (Å²) in [6, 6.07) is 9.48. The average molecular weight is 262 g/mol. The first-order valence-corrected chi connectivity index (χ1v) is 6.90. The van der Waals surface area contributed by atoms with E-state index in [4.69, 9.17) is 4.74 Å². The van der Waals surface area contributed by atoms with E-state index in [9.17, 15) is 4.79 Å². The minimum Gasteiger partial charge on any atom is -0.484 e. The molecule has 0 spiro atoms. The largest absolute Gasteiger partial charge is 0.484 e. The fraction of sp³-hybridized carbons (Fsp3) is 0.533. The van der Waals surface area contributed by atoms with Crippen LogP contribution in [0.5, 0.6) is 5.75 Å². The maximum atomic E-state index is 12.1. The Balaban J connectivity index is 1.79. The molecule has 19 heavy (non-hydrogen) atoms. The summed E-state index contributed by atoms with van der Waals surface area (Å²) in [6.07, 6.45) is 2.29. The van der Waals surface area contributed by atoms with Crippen LogP contribution in [0, 0.1) is 5.92 Å². The summed E-state index contributed by atoms with van der Waals surface area (Å²) in [5.74, 6) is 1.41. The van der Waals surface area contributed by atoms with Gasteiger partial charge in [0.1, 0.15) is 5.75 Å². The Morgan fingerprint density at radius 1 is 1.42 bits per heavy atom. The molecule has 1 aliphatic heterocycles. The summed E-state index contributed by atoms with van der Waals surface area (Å²) in [4.78, 5) is 14.0. The van der Waals surface area contributed by atoms with Crippen LogP contribution in [0.4, 0.5) is 0 Å². The first-order chi connectivity index (χ1) is 9.29. The third-order valence-electron chi connectivity index (χ3n) is 3.47. The molecule has 1 atom stereocenters. The van der Waals surface area contributed by atoms with Gasteiger partial charge < -0.3 is 15.0 Å². The van der Waals surface area contributed by atoms with Crippen molar-refractivity contribution in [2.45, 2.75) is 12.8 Å². The van der Waals surface area contributed by atoms with Crippen LogP contribution in [0.3, 0.4) is 0 Å². The molecular formula is C15H22N2O2. The second-order valence-corrected chi connectivity index (χ2v) is 5.01. The average Bonchev–Trinajstić information content (AvgIpc) is 2.46. The molecule has 0 aromatic heterocycles. The standard InChI is InChI=1S/C15H22N2O2/c1-16-10-13-6-5-9-17(11-13)15(18)12-19-14-7-3-2-4-8-14/h2-4,7-8,13,16H,5-6,9-12H2,1H3. The highest BCUT2D eigenvalue weighted by Crippen LogP contribution is 2.16. The van der Waals surface area contributed by atoms with Crippen LogP contribution in [-0.2, 0) is 4.79 Å². The Kier molecular flexibility index (Phi) is 5.21. The van der Waals surface area contributed by atoms with E-state index >= 15 is 0 Å². The number of hydrogen-bond donors (Lipinski definition) is 1. The van der Waals surface area contributed by atoms with Gasteiger partial charge in [-0.1, -0.05) is 18.2 Å². The van der Waals surface area contributed by atoms with Crippen molar-refractivity contribution in [2.24, 2.45) is 5.92 Å². The van der Waals surface area contributed by atoms with E-state index in [-0.39, 0.29) is 12.5 Å². The monoisotopic (exact) mass is 262 g/mol. The number of nitrogens with zero attached hydrogens (tertiary/aromatic N) is 1. The van der Waals surface area contributed by atoms with Crippen molar-refractivity contribution >= 4 is 5.91 Å². The molecule has 1 aromatic carbocycles. The van der Waals surface area contributed by atoms with E-state index < -0.39 is 0 Å². The Morgan fingerprint density at radius 2 is 2.21 bits per heavy atom. The van der Waals surface area contributed by atoms with Gasteiger partial charge in [0.2, 0.25) is 0 Å². The van der Waals surface area contributed by atoms with Gasteiger partial charge in [0.15, 0.2) is 6.61 Å². The van der Waals surface area contributed by atoms with Crippen LogP contribution in [0.15, 0.2) is 30.3 Å². The Hall–Kier alpha value is -1.55. The lowest BCUT2D eigenvalue weighted by molar-refractivity contribution is -0.135. The van der Waals surface area contributed by atoms with Crippen LogP contribution >= 0.6 is 0 Å². The number of hydrogen-bond acceptors (Lipinski definition) is 3. The summed E-state index contributed by atoms with van der Waals surface area (Å²) in [7, 11) is 1.96. The number of ether oxygens (including phenoxy) is 1. The molecule has 1 aliphatic rings. The third kappa shape index (κ3) is 4.24. The number of nitrogens with one attached hydrogen (secondary N) is 1. The van der Waals surface area contributed by atoms with Crippen molar-refractivity contribution in [1.29, 1.82) is 0 Å². The van der Waals surface area contributed by atoms with Crippen molar-refractivity contribution in [2.75, 3.05) is 33.3 Å². The van der Waals surface area contributed by atoms with Crippen LogP contribution in [0.25, 0.3) is 0 Å². The predicted molar refractivity (Wildman–Crippen MR) is 75.2 cm³/mol. The van der Waals surface area contributed by atoms with Gasteiger partial charge in [-0.2, -0.15) is 0 Å². The molecule has 1 N–H and O–H groups in total. The maximum absolute atomic E-state index is 12.1. The predicted octanol–water partition coefficient (Wildman–Crippen LogP) is 1.52. The van der Waals surface area contributed by atoms with E-state index in [0.29, 0.717) is 5.92 Å². The lowest BCUT2D eigenvalue weighted by atomic mass is 9.98. The van der Waals surface area contributed by atoms with Crippen molar-refractivity contribution in [3.63, 3.8) is 0 Å². The zero-order valence-electron chi connectivity index (χ0n) is 11.5. The molecule has 4 heteroatoms. The molecular weight excluding hydrogens is 240 g/mol. The van der Waals surface area contributed by atoms with Crippen LogP contribution in [0.1, 0.15) is 12.8 Å². The molecule has 1 unspecified atom stereocenters. The van der Waals surface area contributed by atoms with Crippen molar-refractivity contribution < 1.29 is 9.53 Å². The summed E-state index contributed by atoms with van der Waals surface area (Å²) in [6.45, 7) is 2.81. The summed E-state index contributed by atoms with van der Waals surface area (Å²) < 4.78 is 5.51. The molecule has 2 rings (SSSR count). The number of rotatable bonds is 5. The van der Waals surface area contributed by atoms with Gasteiger partial charge in [-0.05, 0) is 44.5 Å². The molecule has 1 fully saturated rings. The molecule has 0 bridgehead atoms. The molecule has 1 heterocycles. The van der Waals surface area contributed by atoms with Gasteiger partial charge in [-0.15, -0.1) is 0 Å². The van der Waals surface area contributed by atoms with Crippen LogP contribution in [0.2, 0.25) is 0 Å². The topological polar surface area (TPSA) is 41.6 Å². The zero-order valence-corrected chi connectivity index (χ0v) is 11.5. The highest BCUT2D eigenvalue weighted by atomic mass is 16.5. The number of carbonyl (C=O) groups excluding carboxylic acids is 1. The van der Waals surface area contributed by atoms with Crippen molar-refractivity contribution in [3.8, 4) is 5.75 Å².